The second kappa shape index (κ2) is 6.89. The number of rotatable bonds is 4. The molecule has 0 radical (unpaired) electrons. The van der Waals surface area contributed by atoms with Crippen LogP contribution in [0, 0.1) is 13.8 Å². The number of guanidine groups is 1. The molecule has 22 heavy (non-hydrogen) atoms. The van der Waals surface area contributed by atoms with Gasteiger partial charge in [-0.3, -0.25) is 4.79 Å². The first-order chi connectivity index (χ1) is 10.5. The normalized spacial score (nSPS) is 11.7. The Balaban J connectivity index is 2.32. The van der Waals surface area contributed by atoms with Gasteiger partial charge >= 0.3 is 0 Å². The molecule has 0 spiro atoms. The van der Waals surface area contributed by atoms with Gasteiger partial charge in [-0.05, 0) is 31.4 Å². The van der Waals surface area contributed by atoms with E-state index in [0.29, 0.717) is 6.42 Å². The number of amides is 1. The topological polar surface area (TPSA) is 81.5 Å². The molecule has 0 saturated heterocycles. The van der Waals surface area contributed by atoms with E-state index < -0.39 is 0 Å². The number of carbonyl (C=O) groups excluding carboxylic acids is 1. The van der Waals surface area contributed by atoms with Crippen molar-refractivity contribution in [1.29, 1.82) is 0 Å². The number of carbonyl (C=O) groups is 1. The summed E-state index contributed by atoms with van der Waals surface area (Å²) < 4.78 is 0. The third-order valence-corrected chi connectivity index (χ3v) is 3.58. The number of hydrogen-bond donors (Lipinski definition) is 2. The monoisotopic (exact) mass is 295 g/mol. The molecule has 4 nitrogen and oxygen atoms in total. The van der Waals surface area contributed by atoms with Crippen LogP contribution in [0.2, 0.25) is 0 Å². The van der Waals surface area contributed by atoms with Gasteiger partial charge in [0, 0.05) is 0 Å². The van der Waals surface area contributed by atoms with Gasteiger partial charge in [0.15, 0.2) is 5.96 Å². The maximum atomic E-state index is 12.4. The van der Waals surface area contributed by atoms with Gasteiger partial charge < -0.3 is 11.5 Å². The molecule has 0 fully saturated rings. The highest BCUT2D eigenvalue weighted by Gasteiger charge is 2.21. The zero-order valence-corrected chi connectivity index (χ0v) is 12.9. The van der Waals surface area contributed by atoms with Crippen molar-refractivity contribution in [2.75, 3.05) is 0 Å². The molecule has 0 saturated carbocycles. The number of aliphatic imine (C=N–C) groups is 1. The lowest BCUT2D eigenvalue weighted by Crippen LogP contribution is -2.26. The number of hydrogen-bond acceptors (Lipinski definition) is 1. The minimum Gasteiger partial charge on any atom is -0.370 e. The smallest absolute Gasteiger partial charge is 0.256 e. The van der Waals surface area contributed by atoms with E-state index in [4.69, 9.17) is 11.5 Å². The minimum atomic E-state index is -0.384. The molecule has 2 aromatic rings. The van der Waals surface area contributed by atoms with Gasteiger partial charge in [0.05, 0.1) is 5.92 Å². The Labute approximate surface area is 130 Å². The van der Waals surface area contributed by atoms with E-state index in [1.54, 1.807) is 0 Å². The van der Waals surface area contributed by atoms with Crippen LogP contribution in [0.4, 0.5) is 0 Å². The maximum Gasteiger partial charge on any atom is 0.256 e. The lowest BCUT2D eigenvalue weighted by molar-refractivity contribution is -0.119. The van der Waals surface area contributed by atoms with Crippen molar-refractivity contribution in [3.8, 4) is 0 Å². The highest BCUT2D eigenvalue weighted by Crippen LogP contribution is 2.23. The Morgan fingerprint density at radius 1 is 0.955 bits per heavy atom. The van der Waals surface area contributed by atoms with Crippen molar-refractivity contribution in [3.63, 3.8) is 0 Å². The predicted octanol–water partition coefficient (Wildman–Crippen LogP) is 2.43. The van der Waals surface area contributed by atoms with Crippen LogP contribution in [-0.4, -0.2) is 11.9 Å². The molecule has 0 aromatic heterocycles. The zero-order chi connectivity index (χ0) is 16.1. The molecule has 1 unspecified atom stereocenters. The third-order valence-electron chi connectivity index (χ3n) is 3.58. The van der Waals surface area contributed by atoms with Crippen LogP contribution >= 0.6 is 0 Å². The molecule has 1 amide bonds. The van der Waals surface area contributed by atoms with E-state index in [0.717, 1.165) is 16.7 Å². The predicted molar refractivity (Wildman–Crippen MR) is 89.6 cm³/mol. The maximum absolute atomic E-state index is 12.4. The number of nitrogens with zero attached hydrogens (tertiary/aromatic N) is 1. The molecule has 0 aliphatic carbocycles. The van der Waals surface area contributed by atoms with Crippen LogP contribution in [0.3, 0.4) is 0 Å². The SMILES string of the molecule is Cc1ccc(CC(C(=O)N=C(N)N)c2ccc(C)cc2)cc1. The molecule has 0 aliphatic heterocycles. The summed E-state index contributed by atoms with van der Waals surface area (Å²) in [6.45, 7) is 4.04. The van der Waals surface area contributed by atoms with Crippen LogP contribution in [0.15, 0.2) is 53.5 Å². The Bertz CT molecular complexity index is 668. The Kier molecular flexibility index (Phi) is 4.94. The van der Waals surface area contributed by atoms with Crippen molar-refractivity contribution in [3.05, 3.63) is 70.8 Å². The molecule has 114 valence electrons. The van der Waals surface area contributed by atoms with Gasteiger partial charge in [-0.25, -0.2) is 0 Å². The number of nitrogens with two attached hydrogens (primary N) is 2. The van der Waals surface area contributed by atoms with E-state index in [9.17, 15) is 4.79 Å². The summed E-state index contributed by atoms with van der Waals surface area (Å²) in [5.41, 5.74) is 15.0. The van der Waals surface area contributed by atoms with Crippen molar-refractivity contribution in [2.45, 2.75) is 26.2 Å². The molecule has 2 aromatic carbocycles. The van der Waals surface area contributed by atoms with Crippen LogP contribution in [0.25, 0.3) is 0 Å². The zero-order valence-electron chi connectivity index (χ0n) is 12.9. The Hall–Kier alpha value is -2.62. The molecular formula is C18H21N3O. The van der Waals surface area contributed by atoms with E-state index in [1.165, 1.54) is 5.56 Å². The second-order valence-corrected chi connectivity index (χ2v) is 5.53. The van der Waals surface area contributed by atoms with Crippen LogP contribution in [0.1, 0.15) is 28.2 Å². The summed E-state index contributed by atoms with van der Waals surface area (Å²) in [4.78, 5) is 16.1. The van der Waals surface area contributed by atoms with E-state index in [1.807, 2.05) is 62.4 Å². The summed E-state index contributed by atoms with van der Waals surface area (Å²) >= 11 is 0. The highest BCUT2D eigenvalue weighted by molar-refractivity contribution is 5.95. The molecule has 1 atom stereocenters. The number of benzene rings is 2. The standard InChI is InChI=1S/C18H21N3O/c1-12-3-7-14(8-4-12)11-16(17(22)21-18(19)20)15-9-5-13(2)6-10-15/h3-10,16H,11H2,1-2H3,(H4,19,20,21,22). The largest absolute Gasteiger partial charge is 0.370 e. The highest BCUT2D eigenvalue weighted by atomic mass is 16.1. The van der Waals surface area contributed by atoms with E-state index in [2.05, 4.69) is 4.99 Å². The van der Waals surface area contributed by atoms with Gasteiger partial charge in [0.25, 0.3) is 5.91 Å². The van der Waals surface area contributed by atoms with Gasteiger partial charge in [0.2, 0.25) is 0 Å². The van der Waals surface area contributed by atoms with Gasteiger partial charge in [-0.2, -0.15) is 4.99 Å². The Morgan fingerprint density at radius 3 is 1.95 bits per heavy atom. The fourth-order valence-corrected chi connectivity index (χ4v) is 2.31. The first-order valence-corrected chi connectivity index (χ1v) is 7.21. The average molecular weight is 295 g/mol. The van der Waals surface area contributed by atoms with Crippen molar-refractivity contribution >= 4 is 11.9 Å². The molecule has 4 heteroatoms. The van der Waals surface area contributed by atoms with Crippen LogP contribution in [0.5, 0.6) is 0 Å². The van der Waals surface area contributed by atoms with Crippen molar-refractivity contribution in [2.24, 2.45) is 16.5 Å². The number of aryl methyl sites for hydroxylation is 2. The lowest BCUT2D eigenvalue weighted by atomic mass is 9.90. The summed E-state index contributed by atoms with van der Waals surface area (Å²) in [7, 11) is 0. The molecule has 2 rings (SSSR count). The lowest BCUT2D eigenvalue weighted by Gasteiger charge is -2.15. The molecule has 0 aliphatic rings. The first-order valence-electron chi connectivity index (χ1n) is 7.21. The van der Waals surface area contributed by atoms with Gasteiger partial charge in [-0.15, -0.1) is 0 Å². The van der Waals surface area contributed by atoms with Crippen LogP contribution < -0.4 is 11.5 Å². The second-order valence-electron chi connectivity index (χ2n) is 5.53. The third kappa shape index (κ3) is 4.19. The summed E-state index contributed by atoms with van der Waals surface area (Å²) in [5, 5.41) is 0. The molecule has 0 bridgehead atoms. The van der Waals surface area contributed by atoms with Gasteiger partial charge in [0.1, 0.15) is 0 Å². The van der Waals surface area contributed by atoms with Gasteiger partial charge in [-0.1, -0.05) is 59.7 Å². The first kappa shape index (κ1) is 15.8. The molecular weight excluding hydrogens is 274 g/mol. The average Bonchev–Trinajstić information content (AvgIpc) is 2.47. The van der Waals surface area contributed by atoms with E-state index in [-0.39, 0.29) is 17.8 Å². The molecule has 4 N–H and O–H groups in total. The fraction of sp³-hybridized carbons (Fsp3) is 0.222. The van der Waals surface area contributed by atoms with E-state index >= 15 is 0 Å². The summed E-state index contributed by atoms with van der Waals surface area (Å²) in [6.07, 6.45) is 0.568. The Morgan fingerprint density at radius 2 is 1.45 bits per heavy atom. The fourth-order valence-electron chi connectivity index (χ4n) is 2.31. The minimum absolute atomic E-state index is 0.203. The molecule has 0 heterocycles. The van der Waals surface area contributed by atoms with Crippen molar-refractivity contribution in [1.82, 2.24) is 0 Å². The quantitative estimate of drug-likeness (QED) is 0.671. The van der Waals surface area contributed by atoms with Crippen LogP contribution in [-0.2, 0) is 11.2 Å². The summed E-state index contributed by atoms with van der Waals surface area (Å²) in [6, 6.07) is 16.0. The van der Waals surface area contributed by atoms with Crippen molar-refractivity contribution < 1.29 is 4.79 Å². The summed E-state index contributed by atoms with van der Waals surface area (Å²) in [5.74, 6) is -0.902.